The second-order valence-electron chi connectivity index (χ2n) is 15.7. The van der Waals surface area contributed by atoms with Gasteiger partial charge in [-0.1, -0.05) is 164 Å². The molecular weight excluding hydrogens is 725 g/mol. The van der Waals surface area contributed by atoms with Crippen molar-refractivity contribution in [2.24, 2.45) is 0 Å². The van der Waals surface area contributed by atoms with E-state index in [2.05, 4.69) is 240 Å². The van der Waals surface area contributed by atoms with Gasteiger partial charge in [-0.2, -0.15) is 0 Å². The van der Waals surface area contributed by atoms with Crippen molar-refractivity contribution in [3.05, 3.63) is 231 Å². The van der Waals surface area contributed by atoms with Gasteiger partial charge in [-0.05, 0) is 132 Å². The highest BCUT2D eigenvalue weighted by Gasteiger charge is 2.19. The van der Waals surface area contributed by atoms with Crippen LogP contribution in [0.4, 0.5) is 17.1 Å². The van der Waals surface area contributed by atoms with Crippen molar-refractivity contribution in [1.82, 2.24) is 4.57 Å². The molecule has 1 heterocycles. The minimum atomic E-state index is 1.11. The fraction of sp³-hybridized carbons (Fsp3) is 0. The van der Waals surface area contributed by atoms with E-state index in [1.165, 1.54) is 92.8 Å². The SMILES string of the molecule is c1ccc(-c2ccc(N(c3ccc(-c4ccccc4)cc3)c3ccc4c(c3)c3ccccc3c3cc5c(cc43)c3ccccc3n5-c3ccc4ccccc4c3)cc2)cc1. The Balaban J connectivity index is 1.07. The molecule has 0 spiro atoms. The molecule has 12 rings (SSSR count). The summed E-state index contributed by atoms with van der Waals surface area (Å²) in [5.41, 5.74) is 11.7. The van der Waals surface area contributed by atoms with Gasteiger partial charge < -0.3 is 9.47 Å². The molecule has 0 aliphatic rings. The molecule has 1 aromatic heterocycles. The van der Waals surface area contributed by atoms with Crippen molar-refractivity contribution in [2.45, 2.75) is 0 Å². The fourth-order valence-corrected chi connectivity index (χ4v) is 9.45. The van der Waals surface area contributed by atoms with E-state index >= 15 is 0 Å². The Bertz CT molecular complexity index is 3480. The quantitative estimate of drug-likeness (QED) is 0.153. The van der Waals surface area contributed by atoms with Crippen LogP contribution in [-0.4, -0.2) is 4.57 Å². The van der Waals surface area contributed by atoms with Crippen LogP contribution in [0.5, 0.6) is 0 Å². The molecule has 0 aliphatic carbocycles. The normalized spacial score (nSPS) is 11.7. The summed E-state index contributed by atoms with van der Waals surface area (Å²) < 4.78 is 2.45. The third kappa shape index (κ3) is 5.57. The van der Waals surface area contributed by atoms with Crippen molar-refractivity contribution < 1.29 is 0 Å². The van der Waals surface area contributed by atoms with Crippen molar-refractivity contribution >= 4 is 82.0 Å². The minimum Gasteiger partial charge on any atom is -0.310 e. The van der Waals surface area contributed by atoms with E-state index < -0.39 is 0 Å². The molecule has 0 unspecified atom stereocenters. The molecule has 0 radical (unpaired) electrons. The number of rotatable bonds is 6. The third-order valence-electron chi connectivity index (χ3n) is 12.3. The maximum atomic E-state index is 2.45. The predicted octanol–water partition coefficient (Wildman–Crippen LogP) is 16.2. The summed E-state index contributed by atoms with van der Waals surface area (Å²) in [5.74, 6) is 0. The molecule has 0 aliphatic heterocycles. The Hall–Kier alpha value is -7.94. The van der Waals surface area contributed by atoms with Crippen LogP contribution < -0.4 is 4.90 Å². The molecule has 0 saturated heterocycles. The molecule has 0 amide bonds. The zero-order chi connectivity index (χ0) is 39.6. The molecule has 2 heteroatoms. The van der Waals surface area contributed by atoms with Crippen molar-refractivity contribution in [3.8, 4) is 27.9 Å². The predicted molar refractivity (Wildman–Crippen MR) is 256 cm³/mol. The van der Waals surface area contributed by atoms with Gasteiger partial charge in [0.15, 0.2) is 0 Å². The molecule has 0 N–H and O–H groups in total. The highest BCUT2D eigenvalue weighted by atomic mass is 15.1. The molecule has 0 fully saturated rings. The van der Waals surface area contributed by atoms with Crippen molar-refractivity contribution in [3.63, 3.8) is 0 Å². The van der Waals surface area contributed by atoms with E-state index in [0.717, 1.165) is 17.1 Å². The van der Waals surface area contributed by atoms with Crippen molar-refractivity contribution in [2.75, 3.05) is 4.90 Å². The topological polar surface area (TPSA) is 8.17 Å². The summed E-state index contributed by atoms with van der Waals surface area (Å²) in [7, 11) is 0. The van der Waals surface area contributed by atoms with Gasteiger partial charge in [0.2, 0.25) is 0 Å². The number of anilines is 3. The lowest BCUT2D eigenvalue weighted by Gasteiger charge is -2.27. The largest absolute Gasteiger partial charge is 0.310 e. The number of para-hydroxylation sites is 1. The van der Waals surface area contributed by atoms with Crippen molar-refractivity contribution in [1.29, 1.82) is 0 Å². The van der Waals surface area contributed by atoms with Crippen LogP contribution in [-0.2, 0) is 0 Å². The molecule has 0 saturated carbocycles. The third-order valence-corrected chi connectivity index (χ3v) is 12.3. The van der Waals surface area contributed by atoms with Gasteiger partial charge in [0, 0.05) is 33.5 Å². The zero-order valence-electron chi connectivity index (χ0n) is 32.8. The van der Waals surface area contributed by atoms with Crippen LogP contribution in [0.1, 0.15) is 0 Å². The summed E-state index contributed by atoms with van der Waals surface area (Å²) in [6, 6.07) is 84.3. The molecule has 11 aromatic carbocycles. The summed E-state index contributed by atoms with van der Waals surface area (Å²) in [5, 5.41) is 12.5. The zero-order valence-corrected chi connectivity index (χ0v) is 32.8. The van der Waals surface area contributed by atoms with E-state index in [1.807, 2.05) is 0 Å². The van der Waals surface area contributed by atoms with E-state index in [1.54, 1.807) is 0 Å². The van der Waals surface area contributed by atoms with E-state index in [-0.39, 0.29) is 0 Å². The lowest BCUT2D eigenvalue weighted by molar-refractivity contribution is 1.19. The fourth-order valence-electron chi connectivity index (χ4n) is 9.45. The number of hydrogen-bond acceptors (Lipinski definition) is 1. The highest BCUT2D eigenvalue weighted by Crippen LogP contribution is 2.44. The summed E-state index contributed by atoms with van der Waals surface area (Å²) in [6.07, 6.45) is 0. The number of aromatic nitrogens is 1. The Morgan fingerprint density at radius 1 is 0.250 bits per heavy atom. The highest BCUT2D eigenvalue weighted by molar-refractivity contribution is 6.29. The lowest BCUT2D eigenvalue weighted by Crippen LogP contribution is -2.10. The van der Waals surface area contributed by atoms with Crippen LogP contribution in [0, 0.1) is 0 Å². The van der Waals surface area contributed by atoms with E-state index in [4.69, 9.17) is 0 Å². The van der Waals surface area contributed by atoms with Crippen LogP contribution >= 0.6 is 0 Å². The first-order valence-corrected chi connectivity index (χ1v) is 20.7. The second-order valence-corrected chi connectivity index (χ2v) is 15.7. The minimum absolute atomic E-state index is 1.11. The van der Waals surface area contributed by atoms with Crippen LogP contribution in [0.25, 0.3) is 92.8 Å². The molecule has 0 bridgehead atoms. The Morgan fingerprint density at radius 3 is 1.38 bits per heavy atom. The molecule has 12 aromatic rings. The average molecular weight is 763 g/mol. The Kier molecular flexibility index (Phi) is 7.89. The van der Waals surface area contributed by atoms with Gasteiger partial charge in [0.05, 0.1) is 11.0 Å². The first-order chi connectivity index (χ1) is 29.7. The Morgan fingerprint density at radius 2 is 0.733 bits per heavy atom. The smallest absolute Gasteiger partial charge is 0.0547 e. The number of nitrogens with zero attached hydrogens (tertiary/aromatic N) is 2. The maximum absolute atomic E-state index is 2.45. The van der Waals surface area contributed by atoms with Gasteiger partial charge in [0.25, 0.3) is 0 Å². The summed E-state index contributed by atoms with van der Waals surface area (Å²) >= 11 is 0. The second kappa shape index (κ2) is 13.9. The maximum Gasteiger partial charge on any atom is 0.0547 e. The monoisotopic (exact) mass is 762 g/mol. The molecule has 0 atom stereocenters. The van der Waals surface area contributed by atoms with Crippen LogP contribution in [0.2, 0.25) is 0 Å². The van der Waals surface area contributed by atoms with Gasteiger partial charge in [-0.25, -0.2) is 0 Å². The van der Waals surface area contributed by atoms with Crippen LogP contribution in [0.15, 0.2) is 231 Å². The summed E-state index contributed by atoms with van der Waals surface area (Å²) in [6.45, 7) is 0. The van der Waals surface area contributed by atoms with Crippen LogP contribution in [0.3, 0.4) is 0 Å². The molecule has 280 valence electrons. The standard InChI is InChI=1S/C58H38N2/c1-3-13-39(14-4-1)42-23-28-45(29-24-42)59(46-30-25-43(26-31-46)40-15-5-2-6-16-40)48-33-34-51-53(36-48)49-19-9-10-20-50(49)55-38-58-56(37-54(51)55)52-21-11-12-22-57(52)60(58)47-32-27-41-17-7-8-18-44(41)35-47/h1-38H. The van der Waals surface area contributed by atoms with E-state index in [0.29, 0.717) is 0 Å². The van der Waals surface area contributed by atoms with Gasteiger partial charge in [-0.3, -0.25) is 0 Å². The van der Waals surface area contributed by atoms with Gasteiger partial charge in [0.1, 0.15) is 0 Å². The lowest BCUT2D eigenvalue weighted by atomic mass is 9.92. The molecular formula is C58H38N2. The first kappa shape index (κ1) is 34.1. The number of fused-ring (bicyclic) bond motifs is 10. The van der Waals surface area contributed by atoms with Gasteiger partial charge >= 0.3 is 0 Å². The molecule has 60 heavy (non-hydrogen) atoms. The first-order valence-electron chi connectivity index (χ1n) is 20.7. The number of benzene rings is 11. The average Bonchev–Trinajstić information content (AvgIpc) is 3.65. The number of hydrogen-bond donors (Lipinski definition) is 0. The van der Waals surface area contributed by atoms with E-state index in [9.17, 15) is 0 Å². The molecule has 2 nitrogen and oxygen atoms in total. The summed E-state index contributed by atoms with van der Waals surface area (Å²) in [4.78, 5) is 2.39. The van der Waals surface area contributed by atoms with Gasteiger partial charge in [-0.15, -0.1) is 0 Å². The Labute approximate surface area is 348 Å².